The molecule has 12 rings (SSSR count). The first kappa shape index (κ1) is 29.4. The van der Waals surface area contributed by atoms with E-state index in [9.17, 15) is 5.48 Å². The van der Waals surface area contributed by atoms with Gasteiger partial charge in [-0.1, -0.05) is 194 Å². The molecule has 0 radical (unpaired) electrons. The van der Waals surface area contributed by atoms with Gasteiger partial charge in [-0.2, -0.15) is 0 Å². The van der Waals surface area contributed by atoms with Crippen molar-refractivity contribution in [1.29, 1.82) is 0 Å². The molecule has 10 aromatic carbocycles. The molecule has 0 aliphatic carbocycles. The zero-order valence-electron chi connectivity index (χ0n) is 38.5. The monoisotopic (exact) mass is 799 g/mol. The van der Waals surface area contributed by atoms with Crippen LogP contribution in [-0.4, -0.2) is 15.0 Å². The van der Waals surface area contributed by atoms with Gasteiger partial charge in [0.1, 0.15) is 0 Å². The zero-order valence-corrected chi connectivity index (χ0v) is 33.3. The molecule has 0 saturated carbocycles. The fraction of sp³-hybridized carbons (Fsp3) is 0. The standard InChI is InChI=1S/C57H35N3S/c1-3-12-36(13-4-1)38-22-26-40(27-23-38)55-58-56(41-28-24-39(25-29-41)37-14-5-2-6-15-37)60-57(59-55)43-31-33-50-53(35-43)61-52-21-11-20-44(54(50)52)42-30-32-49-47-18-8-7-16-45(47)46-17-9-10-19-48(46)51(49)34-42/h1-35H/i11D,20D,21D,31D,33D,35D. The number of nitrogens with zero attached hydrogens (tertiary/aromatic N) is 3. The van der Waals surface area contributed by atoms with Crippen molar-refractivity contribution in [1.82, 2.24) is 15.0 Å². The van der Waals surface area contributed by atoms with E-state index in [1.54, 1.807) is 0 Å². The van der Waals surface area contributed by atoms with Crippen molar-refractivity contribution in [2.24, 2.45) is 0 Å². The van der Waals surface area contributed by atoms with Crippen LogP contribution in [0.15, 0.2) is 212 Å². The number of benzene rings is 10. The molecule has 284 valence electrons. The van der Waals surface area contributed by atoms with Crippen molar-refractivity contribution >= 4 is 63.8 Å². The predicted octanol–water partition coefficient (Wildman–Crippen LogP) is 15.7. The van der Waals surface area contributed by atoms with Gasteiger partial charge in [0.05, 0.1) is 8.22 Å². The molecule has 0 aliphatic heterocycles. The second-order valence-electron chi connectivity index (χ2n) is 15.1. The molecule has 0 atom stereocenters. The maximum atomic E-state index is 9.82. The summed E-state index contributed by atoms with van der Waals surface area (Å²) in [7, 11) is 0. The first-order valence-corrected chi connectivity index (χ1v) is 20.9. The maximum Gasteiger partial charge on any atom is 0.164 e. The molecule has 0 fully saturated rings. The van der Waals surface area contributed by atoms with Gasteiger partial charge in [0, 0.05) is 36.9 Å². The molecule has 2 aromatic heterocycles. The lowest BCUT2D eigenvalue weighted by atomic mass is 9.91. The summed E-state index contributed by atoms with van der Waals surface area (Å²) in [6, 6.07) is 57.5. The Bertz CT molecular complexity index is 3830. The highest BCUT2D eigenvalue weighted by Gasteiger charge is 2.17. The zero-order chi connectivity index (χ0) is 45.5. The van der Waals surface area contributed by atoms with E-state index in [0.29, 0.717) is 54.1 Å². The molecule has 3 nitrogen and oxygen atoms in total. The number of thiophene rings is 1. The van der Waals surface area contributed by atoms with Gasteiger partial charge in [-0.15, -0.1) is 11.3 Å². The van der Waals surface area contributed by atoms with E-state index in [2.05, 4.69) is 48.5 Å². The van der Waals surface area contributed by atoms with Gasteiger partial charge >= 0.3 is 0 Å². The summed E-state index contributed by atoms with van der Waals surface area (Å²) in [5, 5.41) is 7.10. The number of aromatic nitrogens is 3. The van der Waals surface area contributed by atoms with Gasteiger partial charge in [-0.3, -0.25) is 0 Å². The fourth-order valence-corrected chi connectivity index (χ4v) is 9.49. The molecule has 0 amide bonds. The SMILES string of the molecule is [2H]c1c([2H])c(-c2ccc3c4ccccc4c4ccccc4c3c2)c2c(sc3c([2H])c(-c4nc(-c5ccc(-c6ccccc6)cc5)nc(-c5ccc(-c6ccccc6)cc5)n4)c([2H])c([2H])c32)c1[2H]. The average molecular weight is 800 g/mol. The van der Waals surface area contributed by atoms with Gasteiger partial charge in [0.25, 0.3) is 0 Å². The van der Waals surface area contributed by atoms with Crippen LogP contribution in [-0.2, 0) is 0 Å². The molecular formula is C57H35N3S. The topological polar surface area (TPSA) is 38.7 Å². The first-order valence-electron chi connectivity index (χ1n) is 23.1. The maximum absolute atomic E-state index is 9.82. The Kier molecular flexibility index (Phi) is 6.99. The molecule has 4 heteroatoms. The Morgan fingerprint density at radius 1 is 0.328 bits per heavy atom. The lowest BCUT2D eigenvalue weighted by Gasteiger charge is -2.12. The Labute approximate surface area is 365 Å². The van der Waals surface area contributed by atoms with Crippen LogP contribution >= 0.6 is 11.3 Å². The fourth-order valence-electron chi connectivity index (χ4n) is 8.47. The third-order valence-electron chi connectivity index (χ3n) is 11.5. The number of hydrogen-bond donors (Lipinski definition) is 0. The van der Waals surface area contributed by atoms with Crippen molar-refractivity contribution in [3.05, 3.63) is 212 Å². The number of rotatable bonds is 6. The summed E-state index contributed by atoms with van der Waals surface area (Å²) in [5.41, 5.74) is 6.71. The molecule has 0 aliphatic rings. The van der Waals surface area contributed by atoms with Crippen LogP contribution in [0.5, 0.6) is 0 Å². The largest absolute Gasteiger partial charge is 0.208 e. The lowest BCUT2D eigenvalue weighted by Crippen LogP contribution is -2.00. The van der Waals surface area contributed by atoms with E-state index in [1.807, 2.05) is 127 Å². The number of fused-ring (bicyclic) bond motifs is 9. The van der Waals surface area contributed by atoms with E-state index >= 15 is 0 Å². The molecule has 61 heavy (non-hydrogen) atoms. The third-order valence-corrected chi connectivity index (χ3v) is 12.5. The van der Waals surface area contributed by atoms with E-state index in [4.69, 9.17) is 17.7 Å². The average Bonchev–Trinajstić information content (AvgIpc) is 3.79. The Hall–Kier alpha value is -7.79. The molecule has 0 saturated heterocycles. The highest BCUT2D eigenvalue weighted by molar-refractivity contribution is 7.26. The second kappa shape index (κ2) is 14.5. The summed E-state index contributed by atoms with van der Waals surface area (Å²) in [6.07, 6.45) is 0. The summed E-state index contributed by atoms with van der Waals surface area (Å²) < 4.78 is 57.4. The predicted molar refractivity (Wildman–Crippen MR) is 258 cm³/mol. The van der Waals surface area contributed by atoms with Crippen molar-refractivity contribution in [2.75, 3.05) is 0 Å². The molecule has 2 heterocycles. The quantitative estimate of drug-likeness (QED) is 0.157. The minimum Gasteiger partial charge on any atom is -0.208 e. The normalized spacial score (nSPS) is 13.0. The Morgan fingerprint density at radius 2 is 0.770 bits per heavy atom. The second-order valence-corrected chi connectivity index (χ2v) is 16.1. The van der Waals surface area contributed by atoms with Crippen molar-refractivity contribution in [2.45, 2.75) is 0 Å². The van der Waals surface area contributed by atoms with Crippen molar-refractivity contribution < 1.29 is 8.22 Å². The number of hydrogen-bond acceptors (Lipinski definition) is 4. The summed E-state index contributed by atoms with van der Waals surface area (Å²) >= 11 is 1.13. The van der Waals surface area contributed by atoms with E-state index in [-0.39, 0.29) is 47.6 Å². The third kappa shape index (κ3) is 6.16. The van der Waals surface area contributed by atoms with Crippen molar-refractivity contribution in [3.8, 4) is 67.5 Å². The van der Waals surface area contributed by atoms with Crippen molar-refractivity contribution in [3.63, 3.8) is 0 Å². The van der Waals surface area contributed by atoms with Gasteiger partial charge in [-0.25, -0.2) is 15.0 Å². The first-order chi connectivity index (χ1) is 32.7. The highest BCUT2D eigenvalue weighted by Crippen LogP contribution is 2.43. The van der Waals surface area contributed by atoms with Gasteiger partial charge in [0.15, 0.2) is 17.5 Å². The summed E-state index contributed by atoms with van der Waals surface area (Å²) in [4.78, 5) is 14.8. The van der Waals surface area contributed by atoms with E-state index in [1.165, 1.54) is 0 Å². The molecule has 0 bridgehead atoms. The lowest BCUT2D eigenvalue weighted by molar-refractivity contribution is 1.07. The molecule has 0 spiro atoms. The Balaban J connectivity index is 1.07. The highest BCUT2D eigenvalue weighted by atomic mass is 32.1. The van der Waals surface area contributed by atoms with Crippen LogP contribution in [0.2, 0.25) is 0 Å². The van der Waals surface area contributed by atoms with Gasteiger partial charge in [-0.05, 0) is 83.8 Å². The minimum atomic E-state index is -0.255. The Morgan fingerprint density at radius 3 is 1.33 bits per heavy atom. The van der Waals surface area contributed by atoms with Crippen LogP contribution in [0.25, 0.3) is 120 Å². The van der Waals surface area contributed by atoms with Crippen LogP contribution in [0.4, 0.5) is 0 Å². The molecular weight excluding hydrogens is 759 g/mol. The smallest absolute Gasteiger partial charge is 0.164 e. The van der Waals surface area contributed by atoms with E-state index < -0.39 is 0 Å². The van der Waals surface area contributed by atoms with E-state index in [0.717, 1.165) is 65.9 Å². The molecule has 0 N–H and O–H groups in total. The van der Waals surface area contributed by atoms with Gasteiger partial charge < -0.3 is 0 Å². The molecule has 0 unspecified atom stereocenters. The summed E-state index contributed by atoms with van der Waals surface area (Å²) in [5.74, 6) is 0.765. The van der Waals surface area contributed by atoms with Gasteiger partial charge in [0.2, 0.25) is 0 Å². The molecule has 12 aromatic rings. The van der Waals surface area contributed by atoms with Crippen LogP contribution in [0, 0.1) is 0 Å². The van der Waals surface area contributed by atoms with Crippen LogP contribution in [0.1, 0.15) is 8.22 Å². The minimum absolute atomic E-state index is 0.0603. The summed E-state index contributed by atoms with van der Waals surface area (Å²) in [6.45, 7) is 0. The van der Waals surface area contributed by atoms with Crippen LogP contribution in [0.3, 0.4) is 0 Å². The van der Waals surface area contributed by atoms with Crippen LogP contribution < -0.4 is 0 Å².